The lowest BCUT2D eigenvalue weighted by molar-refractivity contribution is -0.114. The highest BCUT2D eigenvalue weighted by Crippen LogP contribution is 2.34. The number of carbonyl (C=O) groups excluding carboxylic acids is 1. The van der Waals surface area contributed by atoms with E-state index < -0.39 is 28.3 Å². The average molecular weight is 487 g/mol. The van der Waals surface area contributed by atoms with Gasteiger partial charge in [-0.05, 0) is 61.5 Å². The zero-order valence-corrected chi connectivity index (χ0v) is 19.2. The second kappa shape index (κ2) is 10.0. The van der Waals surface area contributed by atoms with Crippen LogP contribution in [-0.4, -0.2) is 40.7 Å². The molecule has 0 spiro atoms. The number of ether oxygens (including phenoxy) is 3. The highest BCUT2D eigenvalue weighted by atomic mass is 32.2. The number of halogens is 1. The second-order valence-corrected chi connectivity index (χ2v) is 9.16. The van der Waals surface area contributed by atoms with Gasteiger partial charge in [-0.15, -0.1) is 0 Å². The minimum Gasteiger partial charge on any atom is -0.494 e. The molecule has 1 heterocycles. The first kappa shape index (κ1) is 23.4. The van der Waals surface area contributed by atoms with Gasteiger partial charge < -0.3 is 19.5 Å². The van der Waals surface area contributed by atoms with Gasteiger partial charge in [0.25, 0.3) is 10.0 Å². The minimum atomic E-state index is -4.26. The number of carbonyl (C=O) groups is 1. The number of fused-ring (bicyclic) bond motifs is 1. The smallest absolute Gasteiger partial charge is 0.264 e. The molecule has 4 rings (SSSR count). The quantitative estimate of drug-likeness (QED) is 0.520. The first-order valence-corrected chi connectivity index (χ1v) is 12.0. The van der Waals surface area contributed by atoms with Gasteiger partial charge in [0, 0.05) is 11.8 Å². The fourth-order valence-electron chi connectivity index (χ4n) is 3.39. The predicted octanol–water partition coefficient (Wildman–Crippen LogP) is 3.83. The summed E-state index contributed by atoms with van der Waals surface area (Å²) in [5.41, 5.74) is 0.473. The lowest BCUT2D eigenvalue weighted by Crippen LogP contribution is -2.38. The molecule has 0 unspecified atom stereocenters. The molecule has 3 aromatic carbocycles. The van der Waals surface area contributed by atoms with Gasteiger partial charge >= 0.3 is 0 Å². The van der Waals surface area contributed by atoms with Crippen molar-refractivity contribution in [3.63, 3.8) is 0 Å². The Kier molecular flexibility index (Phi) is 6.87. The number of amides is 1. The normalized spacial score (nSPS) is 12.6. The van der Waals surface area contributed by atoms with Crippen LogP contribution in [0.3, 0.4) is 0 Å². The zero-order chi connectivity index (χ0) is 24.1. The van der Waals surface area contributed by atoms with E-state index >= 15 is 0 Å². The number of hydrogen-bond acceptors (Lipinski definition) is 6. The summed E-state index contributed by atoms with van der Waals surface area (Å²) in [6.07, 6.45) is 0. The molecular weight excluding hydrogens is 463 g/mol. The molecule has 1 aliphatic heterocycles. The van der Waals surface area contributed by atoms with E-state index in [0.29, 0.717) is 30.4 Å². The number of benzene rings is 3. The summed E-state index contributed by atoms with van der Waals surface area (Å²) in [6, 6.07) is 15.9. The number of rotatable bonds is 8. The van der Waals surface area contributed by atoms with Crippen molar-refractivity contribution in [1.82, 2.24) is 0 Å². The second-order valence-electron chi connectivity index (χ2n) is 7.30. The number of nitrogens with zero attached hydrogens (tertiary/aromatic N) is 1. The van der Waals surface area contributed by atoms with E-state index in [1.165, 1.54) is 36.4 Å². The molecule has 1 aliphatic rings. The largest absolute Gasteiger partial charge is 0.494 e. The van der Waals surface area contributed by atoms with Crippen molar-refractivity contribution >= 4 is 27.3 Å². The zero-order valence-electron chi connectivity index (χ0n) is 18.4. The van der Waals surface area contributed by atoms with Gasteiger partial charge in [0.2, 0.25) is 5.91 Å². The maximum Gasteiger partial charge on any atom is 0.264 e. The highest BCUT2D eigenvalue weighted by Gasteiger charge is 2.29. The predicted molar refractivity (Wildman–Crippen MR) is 125 cm³/mol. The van der Waals surface area contributed by atoms with Crippen LogP contribution in [0.1, 0.15) is 6.92 Å². The molecule has 0 radical (unpaired) electrons. The molecule has 0 fully saturated rings. The molecule has 0 saturated carbocycles. The molecule has 10 heteroatoms. The van der Waals surface area contributed by atoms with Crippen molar-refractivity contribution in [2.75, 3.05) is 36.0 Å². The molecule has 1 amide bonds. The molecule has 3 aromatic rings. The maximum atomic E-state index is 14.0. The Bertz CT molecular complexity index is 1280. The van der Waals surface area contributed by atoms with E-state index in [4.69, 9.17) is 14.2 Å². The molecule has 34 heavy (non-hydrogen) atoms. The van der Waals surface area contributed by atoms with Crippen LogP contribution in [0.5, 0.6) is 17.2 Å². The fraction of sp³-hybridized carbons (Fsp3) is 0.208. The third kappa shape index (κ3) is 5.23. The maximum absolute atomic E-state index is 14.0. The minimum absolute atomic E-state index is 0.0109. The van der Waals surface area contributed by atoms with Crippen molar-refractivity contribution in [2.24, 2.45) is 0 Å². The van der Waals surface area contributed by atoms with Gasteiger partial charge in [-0.1, -0.05) is 6.07 Å². The van der Waals surface area contributed by atoms with Crippen molar-refractivity contribution in [1.29, 1.82) is 0 Å². The molecule has 0 bridgehead atoms. The molecule has 1 N–H and O–H groups in total. The summed E-state index contributed by atoms with van der Waals surface area (Å²) in [6.45, 7) is 2.44. The number of hydrogen-bond donors (Lipinski definition) is 1. The van der Waals surface area contributed by atoms with Crippen LogP contribution in [0, 0.1) is 5.82 Å². The topological polar surface area (TPSA) is 94.2 Å². The Balaban J connectivity index is 1.62. The Morgan fingerprint density at radius 1 is 1.03 bits per heavy atom. The monoisotopic (exact) mass is 486 g/mol. The van der Waals surface area contributed by atoms with E-state index in [1.54, 1.807) is 24.3 Å². The van der Waals surface area contributed by atoms with Crippen molar-refractivity contribution in [3.05, 3.63) is 72.5 Å². The van der Waals surface area contributed by atoms with E-state index in [9.17, 15) is 17.6 Å². The van der Waals surface area contributed by atoms with Crippen molar-refractivity contribution < 1.29 is 31.8 Å². The van der Waals surface area contributed by atoms with Gasteiger partial charge in [-0.25, -0.2) is 12.8 Å². The number of nitrogens with one attached hydrogen (secondary N) is 1. The van der Waals surface area contributed by atoms with E-state index in [1.807, 2.05) is 6.92 Å². The molecule has 0 saturated heterocycles. The third-order valence-corrected chi connectivity index (χ3v) is 6.70. The van der Waals surface area contributed by atoms with Gasteiger partial charge in [-0.3, -0.25) is 9.10 Å². The number of anilines is 2. The first-order valence-electron chi connectivity index (χ1n) is 10.6. The highest BCUT2D eigenvalue weighted by molar-refractivity contribution is 7.92. The summed E-state index contributed by atoms with van der Waals surface area (Å²) in [5, 5.41) is 2.66. The Labute approximate surface area is 196 Å². The lowest BCUT2D eigenvalue weighted by atomic mass is 10.3. The Morgan fingerprint density at radius 3 is 2.47 bits per heavy atom. The van der Waals surface area contributed by atoms with E-state index in [-0.39, 0.29) is 22.9 Å². The van der Waals surface area contributed by atoms with Crippen LogP contribution < -0.4 is 23.8 Å². The SMILES string of the molecule is CCOc1ccc(NC(=O)CN(c2cccc(F)c2)S(=O)(=O)c2ccc3c(c2)OCCO3)cc1. The lowest BCUT2D eigenvalue weighted by Gasteiger charge is -2.25. The average Bonchev–Trinajstić information content (AvgIpc) is 2.83. The molecule has 0 atom stereocenters. The standard InChI is InChI=1S/C24H23FN2O6S/c1-2-31-20-8-6-18(7-9-20)26-24(28)16-27(19-5-3-4-17(25)14-19)34(29,30)21-10-11-22-23(15-21)33-13-12-32-22/h3-11,14-15H,2,12-13,16H2,1H3,(H,26,28). The van der Waals surface area contributed by atoms with Crippen LogP contribution >= 0.6 is 0 Å². The van der Waals surface area contributed by atoms with Gasteiger partial charge in [0.05, 0.1) is 17.2 Å². The van der Waals surface area contributed by atoms with Crippen LogP contribution in [-0.2, 0) is 14.8 Å². The van der Waals surface area contributed by atoms with Crippen molar-refractivity contribution in [3.8, 4) is 17.2 Å². The van der Waals surface area contributed by atoms with Crippen molar-refractivity contribution in [2.45, 2.75) is 11.8 Å². The summed E-state index contributed by atoms with van der Waals surface area (Å²) in [7, 11) is -4.26. The molecular formula is C24H23FN2O6S. The number of sulfonamides is 1. The molecule has 178 valence electrons. The van der Waals surface area contributed by atoms with Gasteiger partial charge in [-0.2, -0.15) is 0 Å². The Hall–Kier alpha value is -3.79. The van der Waals surface area contributed by atoms with Gasteiger partial charge in [0.15, 0.2) is 11.5 Å². The molecule has 0 aromatic heterocycles. The third-order valence-electron chi connectivity index (χ3n) is 4.93. The summed E-state index contributed by atoms with van der Waals surface area (Å²) in [5.74, 6) is 0.116. The van der Waals surface area contributed by atoms with Crippen LogP contribution in [0.25, 0.3) is 0 Å². The first-order chi connectivity index (χ1) is 16.4. The Morgan fingerprint density at radius 2 is 1.76 bits per heavy atom. The fourth-order valence-corrected chi connectivity index (χ4v) is 4.82. The van der Waals surface area contributed by atoms with Crippen LogP contribution in [0.2, 0.25) is 0 Å². The van der Waals surface area contributed by atoms with Crippen LogP contribution in [0.15, 0.2) is 71.6 Å². The summed E-state index contributed by atoms with van der Waals surface area (Å²) < 4.78 is 58.2. The van der Waals surface area contributed by atoms with Crippen LogP contribution in [0.4, 0.5) is 15.8 Å². The summed E-state index contributed by atoms with van der Waals surface area (Å²) >= 11 is 0. The molecule has 0 aliphatic carbocycles. The van der Waals surface area contributed by atoms with E-state index in [2.05, 4.69) is 5.32 Å². The molecule has 8 nitrogen and oxygen atoms in total. The van der Waals surface area contributed by atoms with Gasteiger partial charge in [0.1, 0.15) is 31.3 Å². The summed E-state index contributed by atoms with van der Waals surface area (Å²) in [4.78, 5) is 12.7. The van der Waals surface area contributed by atoms with E-state index in [0.717, 1.165) is 10.4 Å².